The van der Waals surface area contributed by atoms with Gasteiger partial charge in [-0.1, -0.05) is 11.6 Å². The summed E-state index contributed by atoms with van der Waals surface area (Å²) in [7, 11) is 1.56. The first-order valence-corrected chi connectivity index (χ1v) is 8.88. The fraction of sp³-hybridized carbons (Fsp3) is 0.368. The maximum Gasteiger partial charge on any atom is 0.330 e. The molecule has 8 heteroatoms. The van der Waals surface area contributed by atoms with Crippen LogP contribution in [0.3, 0.4) is 0 Å². The van der Waals surface area contributed by atoms with E-state index in [9.17, 15) is 9.59 Å². The van der Waals surface area contributed by atoms with Gasteiger partial charge in [0.05, 0.1) is 13.2 Å². The van der Waals surface area contributed by atoms with Crippen molar-refractivity contribution in [2.45, 2.75) is 33.1 Å². The average Bonchev–Trinajstić information content (AvgIpc) is 2.65. The number of ether oxygens (including phenoxy) is 2. The summed E-state index contributed by atoms with van der Waals surface area (Å²) < 4.78 is 10.7. The summed E-state index contributed by atoms with van der Waals surface area (Å²) in [6, 6.07) is 0. The SMILES string of the molecule is CCOC(=O)/C=C/c1cncc(COC2CC(C(=O)NC)=CC(Cl)=N2)c1C. The Hall–Kier alpha value is -2.51. The number of amides is 1. The van der Waals surface area contributed by atoms with Crippen molar-refractivity contribution in [1.82, 2.24) is 10.3 Å². The van der Waals surface area contributed by atoms with E-state index in [4.69, 9.17) is 21.1 Å². The third-order valence-corrected chi connectivity index (χ3v) is 4.16. The molecule has 1 N–H and O–H groups in total. The zero-order chi connectivity index (χ0) is 19.8. The largest absolute Gasteiger partial charge is 0.463 e. The van der Waals surface area contributed by atoms with Gasteiger partial charge in [0.15, 0.2) is 6.23 Å². The third kappa shape index (κ3) is 6.01. The van der Waals surface area contributed by atoms with Crippen molar-refractivity contribution in [3.8, 4) is 0 Å². The summed E-state index contributed by atoms with van der Waals surface area (Å²) in [5.74, 6) is -0.612. The molecule has 0 spiro atoms. The van der Waals surface area contributed by atoms with Crippen molar-refractivity contribution in [1.29, 1.82) is 0 Å². The van der Waals surface area contributed by atoms with Gasteiger partial charge in [0, 0.05) is 37.5 Å². The molecule has 144 valence electrons. The number of nitrogens with zero attached hydrogens (tertiary/aromatic N) is 2. The first-order valence-electron chi connectivity index (χ1n) is 8.50. The third-order valence-electron chi connectivity index (χ3n) is 3.95. The van der Waals surface area contributed by atoms with Crippen LogP contribution in [0.1, 0.15) is 30.0 Å². The minimum absolute atomic E-state index is 0.208. The highest BCUT2D eigenvalue weighted by atomic mass is 35.5. The Kier molecular flexibility index (Phi) is 7.69. The van der Waals surface area contributed by atoms with E-state index in [0.29, 0.717) is 18.6 Å². The smallest absolute Gasteiger partial charge is 0.330 e. The van der Waals surface area contributed by atoms with Crippen LogP contribution in [0.4, 0.5) is 0 Å². The lowest BCUT2D eigenvalue weighted by atomic mass is 10.1. The van der Waals surface area contributed by atoms with E-state index in [1.54, 1.807) is 32.4 Å². The standard InChI is InChI=1S/C19H22ClN3O4/c1-4-26-18(24)6-5-13-9-22-10-15(12(13)2)11-27-17-8-14(19(25)21-3)7-16(20)23-17/h5-7,9-10,17H,4,8,11H2,1-3H3,(H,21,25)/b6-5+. The van der Waals surface area contributed by atoms with Crippen molar-refractivity contribution in [3.63, 3.8) is 0 Å². The van der Waals surface area contributed by atoms with Crippen LogP contribution in [0.2, 0.25) is 0 Å². The van der Waals surface area contributed by atoms with E-state index < -0.39 is 12.2 Å². The number of allylic oxidation sites excluding steroid dienone is 1. The van der Waals surface area contributed by atoms with Crippen LogP contribution in [-0.2, 0) is 25.7 Å². The molecule has 1 aromatic heterocycles. The number of carbonyl (C=O) groups is 2. The molecule has 2 heterocycles. The van der Waals surface area contributed by atoms with E-state index in [1.807, 2.05) is 6.92 Å². The van der Waals surface area contributed by atoms with Gasteiger partial charge in [-0.3, -0.25) is 9.78 Å². The molecule has 7 nitrogen and oxygen atoms in total. The predicted octanol–water partition coefficient (Wildman–Crippen LogP) is 2.52. The molecular weight excluding hydrogens is 370 g/mol. The highest BCUT2D eigenvalue weighted by Crippen LogP contribution is 2.21. The lowest BCUT2D eigenvalue weighted by Crippen LogP contribution is -2.26. The van der Waals surface area contributed by atoms with Gasteiger partial charge in [-0.05, 0) is 42.7 Å². The number of nitrogens with one attached hydrogen (secondary N) is 1. The molecule has 0 aromatic carbocycles. The van der Waals surface area contributed by atoms with Crippen LogP contribution in [-0.4, -0.2) is 41.9 Å². The van der Waals surface area contributed by atoms with E-state index in [1.165, 1.54) is 12.2 Å². The van der Waals surface area contributed by atoms with E-state index in [-0.39, 0.29) is 17.7 Å². The number of aliphatic imine (C=N–C) groups is 1. The van der Waals surface area contributed by atoms with E-state index >= 15 is 0 Å². The van der Waals surface area contributed by atoms with Crippen LogP contribution in [0.15, 0.2) is 35.1 Å². The van der Waals surface area contributed by atoms with Crippen LogP contribution in [0.5, 0.6) is 0 Å². The van der Waals surface area contributed by atoms with Crippen molar-refractivity contribution >= 4 is 34.7 Å². The Morgan fingerprint density at radius 1 is 1.41 bits per heavy atom. The number of pyridine rings is 1. The molecule has 0 saturated carbocycles. The van der Waals surface area contributed by atoms with Gasteiger partial charge in [0.25, 0.3) is 0 Å². The number of rotatable bonds is 7. The quantitative estimate of drug-likeness (QED) is 0.569. The van der Waals surface area contributed by atoms with Gasteiger partial charge in [0.1, 0.15) is 5.17 Å². The fourth-order valence-corrected chi connectivity index (χ4v) is 2.70. The Morgan fingerprint density at radius 3 is 2.89 bits per heavy atom. The zero-order valence-corrected chi connectivity index (χ0v) is 16.2. The topological polar surface area (TPSA) is 89.9 Å². The maximum absolute atomic E-state index is 11.8. The first-order chi connectivity index (χ1) is 12.9. The van der Waals surface area contributed by atoms with Crippen molar-refractivity contribution < 1.29 is 19.1 Å². The van der Waals surface area contributed by atoms with Crippen LogP contribution in [0, 0.1) is 6.92 Å². The molecular formula is C19H22ClN3O4. The van der Waals surface area contributed by atoms with Crippen LogP contribution in [0.25, 0.3) is 6.08 Å². The lowest BCUT2D eigenvalue weighted by molar-refractivity contribution is -0.137. The monoisotopic (exact) mass is 391 g/mol. The molecule has 0 radical (unpaired) electrons. The molecule has 27 heavy (non-hydrogen) atoms. The summed E-state index contributed by atoms with van der Waals surface area (Å²) in [6.07, 6.45) is 7.71. The molecule has 0 aliphatic carbocycles. The van der Waals surface area contributed by atoms with Gasteiger partial charge in [-0.2, -0.15) is 0 Å². The summed E-state index contributed by atoms with van der Waals surface area (Å²) in [4.78, 5) is 31.7. The molecule has 2 rings (SSSR count). The highest BCUT2D eigenvalue weighted by molar-refractivity contribution is 6.68. The molecule has 1 atom stereocenters. The first kappa shape index (κ1) is 20.8. The van der Waals surface area contributed by atoms with Gasteiger partial charge < -0.3 is 14.8 Å². The summed E-state index contributed by atoms with van der Waals surface area (Å²) >= 11 is 5.99. The number of likely N-dealkylation sites (N-methyl/N-ethyl adjacent to an activating group) is 1. The minimum Gasteiger partial charge on any atom is -0.463 e. The molecule has 1 aliphatic rings. The Morgan fingerprint density at radius 2 is 2.19 bits per heavy atom. The Balaban J connectivity index is 2.04. The summed E-state index contributed by atoms with van der Waals surface area (Å²) in [6.45, 7) is 4.24. The van der Waals surface area contributed by atoms with Gasteiger partial charge in [-0.15, -0.1) is 0 Å². The maximum atomic E-state index is 11.8. The number of aromatic nitrogens is 1. The molecule has 1 aliphatic heterocycles. The van der Waals surface area contributed by atoms with Gasteiger partial charge in [0.2, 0.25) is 5.91 Å². The minimum atomic E-state index is -0.548. The number of halogens is 1. The van der Waals surface area contributed by atoms with Crippen molar-refractivity contribution in [2.24, 2.45) is 4.99 Å². The van der Waals surface area contributed by atoms with Crippen molar-refractivity contribution in [3.05, 3.63) is 46.8 Å². The summed E-state index contributed by atoms with van der Waals surface area (Å²) in [5.41, 5.74) is 3.09. The molecule has 1 aromatic rings. The second-order valence-corrected chi connectivity index (χ2v) is 6.16. The van der Waals surface area contributed by atoms with Crippen LogP contribution < -0.4 is 5.32 Å². The predicted molar refractivity (Wildman–Crippen MR) is 103 cm³/mol. The normalized spacial score (nSPS) is 16.7. The van der Waals surface area contributed by atoms with Gasteiger partial charge >= 0.3 is 5.97 Å². The van der Waals surface area contributed by atoms with E-state index in [0.717, 1.165) is 16.7 Å². The second kappa shape index (κ2) is 9.99. The number of hydrogen-bond donors (Lipinski definition) is 1. The second-order valence-electron chi connectivity index (χ2n) is 5.77. The van der Waals surface area contributed by atoms with Crippen LogP contribution >= 0.6 is 11.6 Å². The number of dihydropyridines is 1. The summed E-state index contributed by atoms with van der Waals surface area (Å²) in [5, 5.41) is 2.79. The molecule has 1 amide bonds. The molecule has 0 bridgehead atoms. The molecule has 0 fully saturated rings. The lowest BCUT2D eigenvalue weighted by Gasteiger charge is -2.19. The Labute approximate surface area is 163 Å². The van der Waals surface area contributed by atoms with Gasteiger partial charge in [-0.25, -0.2) is 9.79 Å². The fourth-order valence-electron chi connectivity index (χ4n) is 2.46. The average molecular weight is 392 g/mol. The van der Waals surface area contributed by atoms with Crippen molar-refractivity contribution in [2.75, 3.05) is 13.7 Å². The number of esters is 1. The highest BCUT2D eigenvalue weighted by Gasteiger charge is 2.21. The van der Waals surface area contributed by atoms with E-state index in [2.05, 4.69) is 15.3 Å². The molecule has 0 saturated heterocycles. The number of hydrogen-bond acceptors (Lipinski definition) is 6. The number of carbonyl (C=O) groups excluding carboxylic acids is 2. The molecule has 1 unspecified atom stereocenters. The zero-order valence-electron chi connectivity index (χ0n) is 15.5. The Bertz CT molecular complexity index is 802.